The van der Waals surface area contributed by atoms with Crippen LogP contribution in [0.3, 0.4) is 0 Å². The zero-order chi connectivity index (χ0) is 15.3. The second-order valence-electron chi connectivity index (χ2n) is 5.08. The van der Waals surface area contributed by atoms with Crippen LogP contribution in [0.15, 0.2) is 42.6 Å². The molecule has 2 aromatic rings. The zero-order valence-electron chi connectivity index (χ0n) is 12.9. The quantitative estimate of drug-likeness (QED) is 0.607. The van der Waals surface area contributed by atoms with Crippen molar-refractivity contribution in [3.8, 4) is 5.69 Å². The number of rotatable bonds is 7. The van der Waals surface area contributed by atoms with Crippen LogP contribution in [0.4, 0.5) is 0 Å². The Hall–Kier alpha value is -1.69. The van der Waals surface area contributed by atoms with E-state index in [1.165, 1.54) is 0 Å². The van der Waals surface area contributed by atoms with Crippen molar-refractivity contribution < 1.29 is 4.74 Å². The molecule has 0 radical (unpaired) electrons. The van der Waals surface area contributed by atoms with Gasteiger partial charge in [-0.3, -0.25) is 5.84 Å². The molecule has 3 N–H and O–H groups in total. The van der Waals surface area contributed by atoms with Gasteiger partial charge in [0.2, 0.25) is 0 Å². The molecule has 0 fully saturated rings. The number of ether oxygens (including phenoxy) is 1. The summed E-state index contributed by atoms with van der Waals surface area (Å²) in [6, 6.07) is 11.9. The smallest absolute Gasteiger partial charge is 0.0922 e. The van der Waals surface area contributed by atoms with E-state index in [0.717, 1.165) is 24.2 Å². The van der Waals surface area contributed by atoms with Gasteiger partial charge in [-0.05, 0) is 31.0 Å². The first-order chi connectivity index (χ1) is 10.2. The van der Waals surface area contributed by atoms with E-state index in [0.29, 0.717) is 0 Å². The number of nitrogens with zero attached hydrogens (tertiary/aromatic N) is 2. The van der Waals surface area contributed by atoms with Crippen molar-refractivity contribution >= 4 is 0 Å². The van der Waals surface area contributed by atoms with Gasteiger partial charge in [0, 0.05) is 13.3 Å². The number of para-hydroxylation sites is 1. The van der Waals surface area contributed by atoms with Gasteiger partial charge in [0.1, 0.15) is 0 Å². The van der Waals surface area contributed by atoms with Gasteiger partial charge in [0.15, 0.2) is 0 Å². The minimum Gasteiger partial charge on any atom is -0.376 e. The molecular formula is C16H24N4O. The number of nitrogens with two attached hydrogens (primary N) is 1. The average Bonchev–Trinajstić information content (AvgIpc) is 3.02. The molecule has 0 aliphatic rings. The number of nitrogens with one attached hydrogen (secondary N) is 1. The number of methoxy groups -OCH3 is 1. The standard InChI is InChI=1S/C16H24N4O/c1-4-16(5-2,21-3)15(19-17)14-11-12-18-20(14)13-9-7-6-8-10-13/h6-12,15,19H,4-5,17H2,1-3H3. The lowest BCUT2D eigenvalue weighted by atomic mass is 9.86. The fourth-order valence-corrected chi connectivity index (χ4v) is 2.89. The van der Waals surface area contributed by atoms with Crippen LogP contribution in [0.2, 0.25) is 0 Å². The molecule has 21 heavy (non-hydrogen) atoms. The maximum atomic E-state index is 5.85. The van der Waals surface area contributed by atoms with E-state index in [9.17, 15) is 0 Å². The van der Waals surface area contributed by atoms with Crippen LogP contribution in [-0.4, -0.2) is 22.5 Å². The van der Waals surface area contributed by atoms with Gasteiger partial charge in [0.25, 0.3) is 0 Å². The molecule has 0 amide bonds. The lowest BCUT2D eigenvalue weighted by Gasteiger charge is -2.38. The van der Waals surface area contributed by atoms with Gasteiger partial charge >= 0.3 is 0 Å². The van der Waals surface area contributed by atoms with Crippen LogP contribution >= 0.6 is 0 Å². The Morgan fingerprint density at radius 2 is 1.90 bits per heavy atom. The highest BCUT2D eigenvalue weighted by molar-refractivity contribution is 5.33. The van der Waals surface area contributed by atoms with Gasteiger partial charge in [-0.15, -0.1) is 0 Å². The second kappa shape index (κ2) is 6.85. The average molecular weight is 288 g/mol. The molecule has 5 nitrogen and oxygen atoms in total. The Morgan fingerprint density at radius 3 is 2.43 bits per heavy atom. The first-order valence-corrected chi connectivity index (χ1v) is 7.33. The van der Waals surface area contributed by atoms with Crippen molar-refractivity contribution in [3.63, 3.8) is 0 Å². The van der Waals surface area contributed by atoms with Crippen LogP contribution in [0.5, 0.6) is 0 Å². The molecule has 1 aromatic carbocycles. The highest BCUT2D eigenvalue weighted by Gasteiger charge is 2.38. The van der Waals surface area contributed by atoms with Crippen molar-refractivity contribution in [1.29, 1.82) is 0 Å². The second-order valence-corrected chi connectivity index (χ2v) is 5.08. The molecule has 0 bridgehead atoms. The van der Waals surface area contributed by atoms with Crippen molar-refractivity contribution in [1.82, 2.24) is 15.2 Å². The summed E-state index contributed by atoms with van der Waals surface area (Å²) in [6.07, 6.45) is 3.50. The molecule has 114 valence electrons. The summed E-state index contributed by atoms with van der Waals surface area (Å²) >= 11 is 0. The van der Waals surface area contributed by atoms with E-state index in [4.69, 9.17) is 10.6 Å². The van der Waals surface area contributed by atoms with Gasteiger partial charge in [0.05, 0.1) is 23.0 Å². The fourth-order valence-electron chi connectivity index (χ4n) is 2.89. The van der Waals surface area contributed by atoms with Crippen LogP contribution in [0.1, 0.15) is 38.4 Å². The summed E-state index contributed by atoms with van der Waals surface area (Å²) in [5, 5.41) is 4.44. The van der Waals surface area contributed by atoms with Crippen molar-refractivity contribution in [3.05, 3.63) is 48.3 Å². The number of hydrogen-bond acceptors (Lipinski definition) is 4. The van der Waals surface area contributed by atoms with E-state index in [1.807, 2.05) is 41.1 Å². The molecule has 0 saturated carbocycles. The third-order valence-corrected chi connectivity index (χ3v) is 4.26. The molecule has 0 aliphatic carbocycles. The first-order valence-electron chi connectivity index (χ1n) is 7.33. The number of benzene rings is 1. The zero-order valence-corrected chi connectivity index (χ0v) is 12.9. The van der Waals surface area contributed by atoms with Crippen molar-refractivity contribution in [2.24, 2.45) is 5.84 Å². The van der Waals surface area contributed by atoms with E-state index in [-0.39, 0.29) is 11.6 Å². The van der Waals surface area contributed by atoms with Gasteiger partial charge in [-0.2, -0.15) is 5.10 Å². The van der Waals surface area contributed by atoms with Gasteiger partial charge in [-0.1, -0.05) is 32.0 Å². The topological polar surface area (TPSA) is 65.1 Å². The van der Waals surface area contributed by atoms with Crippen molar-refractivity contribution in [2.45, 2.75) is 38.3 Å². The Morgan fingerprint density at radius 1 is 1.24 bits per heavy atom. The van der Waals surface area contributed by atoms with Crippen LogP contribution < -0.4 is 11.3 Å². The molecule has 1 atom stereocenters. The Kier molecular flexibility index (Phi) is 5.12. The lowest BCUT2D eigenvalue weighted by molar-refractivity contribution is -0.0502. The Balaban J connectivity index is 2.47. The predicted molar refractivity (Wildman–Crippen MR) is 84.0 cm³/mol. The number of hydrogen-bond donors (Lipinski definition) is 2. The predicted octanol–water partition coefficient (Wildman–Crippen LogP) is 2.58. The van der Waals surface area contributed by atoms with Crippen molar-refractivity contribution in [2.75, 3.05) is 7.11 Å². The Bertz CT molecular complexity index is 540. The van der Waals surface area contributed by atoms with Crippen LogP contribution in [0.25, 0.3) is 5.69 Å². The molecule has 1 heterocycles. The maximum absolute atomic E-state index is 5.85. The van der Waals surface area contributed by atoms with E-state index >= 15 is 0 Å². The molecular weight excluding hydrogens is 264 g/mol. The van der Waals surface area contributed by atoms with Crippen LogP contribution in [0, 0.1) is 0 Å². The molecule has 1 aromatic heterocycles. The molecule has 0 aliphatic heterocycles. The minimum absolute atomic E-state index is 0.139. The highest BCUT2D eigenvalue weighted by Crippen LogP contribution is 2.35. The van der Waals surface area contributed by atoms with E-state index < -0.39 is 0 Å². The molecule has 0 saturated heterocycles. The molecule has 1 unspecified atom stereocenters. The largest absolute Gasteiger partial charge is 0.376 e. The normalized spacial score (nSPS) is 13.3. The molecule has 0 spiro atoms. The number of aromatic nitrogens is 2. The minimum atomic E-state index is -0.360. The fraction of sp³-hybridized carbons (Fsp3) is 0.438. The molecule has 2 rings (SSSR count). The maximum Gasteiger partial charge on any atom is 0.0922 e. The molecule has 5 heteroatoms. The third kappa shape index (κ3) is 2.85. The third-order valence-electron chi connectivity index (χ3n) is 4.26. The van der Waals surface area contributed by atoms with Gasteiger partial charge in [-0.25, -0.2) is 10.1 Å². The Labute approximate surface area is 126 Å². The summed E-state index contributed by atoms with van der Waals surface area (Å²) in [5.74, 6) is 5.85. The number of hydrazine groups is 1. The first kappa shape index (κ1) is 15.7. The SMILES string of the molecule is CCC(CC)(OC)C(NN)c1ccnn1-c1ccccc1. The summed E-state index contributed by atoms with van der Waals surface area (Å²) in [4.78, 5) is 0. The summed E-state index contributed by atoms with van der Waals surface area (Å²) < 4.78 is 7.73. The highest BCUT2D eigenvalue weighted by atomic mass is 16.5. The van der Waals surface area contributed by atoms with Gasteiger partial charge < -0.3 is 4.74 Å². The lowest BCUT2D eigenvalue weighted by Crippen LogP contribution is -2.48. The summed E-state index contributed by atoms with van der Waals surface area (Å²) in [6.45, 7) is 4.22. The van der Waals surface area contributed by atoms with E-state index in [1.54, 1.807) is 13.3 Å². The summed E-state index contributed by atoms with van der Waals surface area (Å²) in [5.41, 5.74) is 4.57. The monoisotopic (exact) mass is 288 g/mol. The van der Waals surface area contributed by atoms with Crippen LogP contribution in [-0.2, 0) is 4.74 Å². The van der Waals surface area contributed by atoms with E-state index in [2.05, 4.69) is 24.4 Å². The summed E-state index contributed by atoms with van der Waals surface area (Å²) in [7, 11) is 1.74.